The van der Waals surface area contributed by atoms with E-state index in [0.29, 0.717) is 23.9 Å². The second-order valence-electron chi connectivity index (χ2n) is 7.83. The summed E-state index contributed by atoms with van der Waals surface area (Å²) in [5.74, 6) is -0.254. The van der Waals surface area contributed by atoms with E-state index in [1.807, 2.05) is 0 Å². The van der Waals surface area contributed by atoms with Gasteiger partial charge in [0.2, 0.25) is 5.95 Å². The molecule has 1 aromatic heterocycles. The van der Waals surface area contributed by atoms with E-state index < -0.39 is 23.0 Å². The number of ether oxygens (including phenoxy) is 1. The zero-order valence-electron chi connectivity index (χ0n) is 17.5. The van der Waals surface area contributed by atoms with Crippen molar-refractivity contribution in [2.75, 3.05) is 30.3 Å². The Hall–Kier alpha value is -2.54. The average molecular weight is 498 g/mol. The predicted octanol–water partition coefficient (Wildman–Crippen LogP) is 2.49. The molecule has 1 aromatic carbocycles. The van der Waals surface area contributed by atoms with Gasteiger partial charge < -0.3 is 25.2 Å². The van der Waals surface area contributed by atoms with Crippen molar-refractivity contribution in [1.82, 2.24) is 20.0 Å². The summed E-state index contributed by atoms with van der Waals surface area (Å²) in [5, 5.41) is 9.16. The summed E-state index contributed by atoms with van der Waals surface area (Å²) in [6, 6.07) is 2.28. The van der Waals surface area contributed by atoms with Gasteiger partial charge in [0.15, 0.2) is 11.6 Å². The van der Waals surface area contributed by atoms with Gasteiger partial charge in [-0.3, -0.25) is 9.00 Å². The Kier molecular flexibility index (Phi) is 7.58. The quantitative estimate of drug-likeness (QED) is 0.428. The highest BCUT2D eigenvalue weighted by Gasteiger charge is 2.26. The fraction of sp³-hybridized carbons (Fsp3) is 0.450. The van der Waals surface area contributed by atoms with E-state index in [1.165, 1.54) is 12.3 Å². The minimum atomic E-state index is -2.33. The summed E-state index contributed by atoms with van der Waals surface area (Å²) in [4.78, 5) is 20.8. The third-order valence-electron chi connectivity index (χ3n) is 5.62. The van der Waals surface area contributed by atoms with Gasteiger partial charge in [-0.1, -0.05) is 24.4 Å². The summed E-state index contributed by atoms with van der Waals surface area (Å²) >= 11 is 3.98. The number of fused-ring (bicyclic) bond motifs is 1. The number of hydrogen-bond acceptors (Lipinski definition) is 8. The minimum Gasteiger partial charge on any atom is -0.760 e. The maximum Gasteiger partial charge on any atom is 0.255 e. The van der Waals surface area contributed by atoms with Crippen molar-refractivity contribution in [2.24, 2.45) is 5.92 Å². The lowest BCUT2D eigenvalue weighted by atomic mass is 9.84. The van der Waals surface area contributed by atoms with Gasteiger partial charge in [-0.15, -0.1) is 0 Å². The monoisotopic (exact) mass is 497 g/mol. The van der Waals surface area contributed by atoms with E-state index in [4.69, 9.17) is 16.3 Å². The molecule has 1 fully saturated rings. The van der Waals surface area contributed by atoms with Crippen LogP contribution < -0.4 is 25.4 Å². The lowest BCUT2D eigenvalue weighted by molar-refractivity contribution is 0.0956. The molecule has 2 aromatic rings. The second kappa shape index (κ2) is 10.6. The molecule has 10 nitrogen and oxygen atoms in total. The van der Waals surface area contributed by atoms with E-state index in [0.717, 1.165) is 31.7 Å². The van der Waals surface area contributed by atoms with Gasteiger partial charge in [-0.2, -0.15) is 4.98 Å². The fourth-order valence-electron chi connectivity index (χ4n) is 4.07. The van der Waals surface area contributed by atoms with Gasteiger partial charge in [-0.05, 0) is 24.8 Å². The highest BCUT2D eigenvalue weighted by atomic mass is 35.5. The Bertz CT molecular complexity index is 1060. The fourth-order valence-corrected chi connectivity index (χ4v) is 4.56. The normalized spacial score (nSPS) is 21.2. The van der Waals surface area contributed by atoms with Crippen LogP contribution in [-0.4, -0.2) is 50.4 Å². The van der Waals surface area contributed by atoms with Crippen LogP contribution in [0.15, 0.2) is 18.3 Å². The molecule has 1 aliphatic heterocycles. The minimum absolute atomic E-state index is 0.0347. The third-order valence-corrected chi connectivity index (χ3v) is 6.30. The summed E-state index contributed by atoms with van der Waals surface area (Å²) in [6.07, 6.45) is 5.12. The average Bonchev–Trinajstić information content (AvgIpc) is 2.97. The van der Waals surface area contributed by atoms with Crippen LogP contribution in [-0.2, 0) is 11.3 Å². The number of rotatable bonds is 7. The standard InChI is InChI=1S/C20H24ClFN6O4S/c21-14-10-24-20(27-16-8-12(22)7-13-17(16)32-6-5-23-19(13)29)28-18(14)26-15-4-2-1-3-11(15)9-25-33(30)31/h7-8,10-11,15,25H,1-6,9H2,(H,23,29)(H,30,31)(H2,24,26,27,28)/p-1/t11-,15-/m1/s1. The summed E-state index contributed by atoms with van der Waals surface area (Å²) in [5.41, 5.74) is 0.295. The van der Waals surface area contributed by atoms with E-state index >= 15 is 0 Å². The van der Waals surface area contributed by atoms with Gasteiger partial charge in [-0.25, -0.2) is 14.1 Å². The van der Waals surface area contributed by atoms with Crippen LogP contribution in [0.2, 0.25) is 5.02 Å². The van der Waals surface area contributed by atoms with Crippen LogP contribution in [0.1, 0.15) is 36.0 Å². The van der Waals surface area contributed by atoms with Gasteiger partial charge >= 0.3 is 0 Å². The molecule has 0 radical (unpaired) electrons. The zero-order valence-corrected chi connectivity index (χ0v) is 19.1. The van der Waals surface area contributed by atoms with Crippen LogP contribution in [0.4, 0.5) is 21.8 Å². The van der Waals surface area contributed by atoms with Crippen molar-refractivity contribution in [1.29, 1.82) is 0 Å². The van der Waals surface area contributed by atoms with Crippen LogP contribution in [0.3, 0.4) is 0 Å². The number of carbonyl (C=O) groups is 1. The molecule has 33 heavy (non-hydrogen) atoms. The molecule has 1 unspecified atom stereocenters. The van der Waals surface area contributed by atoms with Crippen LogP contribution in [0, 0.1) is 11.7 Å². The largest absolute Gasteiger partial charge is 0.760 e. The smallest absolute Gasteiger partial charge is 0.255 e. The van der Waals surface area contributed by atoms with Gasteiger partial charge in [0.25, 0.3) is 5.91 Å². The van der Waals surface area contributed by atoms with Crippen molar-refractivity contribution in [2.45, 2.75) is 31.7 Å². The molecule has 178 valence electrons. The number of nitrogens with zero attached hydrogens (tertiary/aromatic N) is 2. The molecule has 0 spiro atoms. The van der Waals surface area contributed by atoms with Crippen molar-refractivity contribution >= 4 is 46.2 Å². The SMILES string of the molecule is O=C1NCCOc2c(Nc3ncc(Cl)c(N[C@@H]4CCCC[C@@H]4CNS(=O)[O-])n3)cc(F)cc21. The zero-order chi connectivity index (χ0) is 23.4. The second-order valence-corrected chi connectivity index (χ2v) is 8.99. The number of halogens is 2. The van der Waals surface area contributed by atoms with E-state index in [-0.39, 0.29) is 41.5 Å². The molecule has 0 bridgehead atoms. The Balaban J connectivity index is 1.56. The number of aromatic nitrogens is 2. The van der Waals surface area contributed by atoms with Crippen molar-refractivity contribution < 1.29 is 22.7 Å². The topological polar surface area (TPSA) is 140 Å². The summed E-state index contributed by atoms with van der Waals surface area (Å²) in [7, 11) is 0. The van der Waals surface area contributed by atoms with Crippen LogP contribution >= 0.6 is 11.6 Å². The van der Waals surface area contributed by atoms with Gasteiger partial charge in [0.1, 0.15) is 17.4 Å². The van der Waals surface area contributed by atoms with Crippen LogP contribution in [0.5, 0.6) is 5.75 Å². The first-order valence-electron chi connectivity index (χ1n) is 10.5. The first-order valence-corrected chi connectivity index (χ1v) is 12.0. The number of anilines is 3. The number of nitrogens with one attached hydrogen (secondary N) is 4. The molecular formula is C20H23ClFN6O4S-. The van der Waals surface area contributed by atoms with Gasteiger partial charge in [0.05, 0.1) is 24.0 Å². The molecule has 1 aliphatic carbocycles. The first-order chi connectivity index (χ1) is 15.9. The molecule has 0 saturated heterocycles. The molecule has 1 saturated carbocycles. The highest BCUT2D eigenvalue weighted by molar-refractivity contribution is 7.77. The van der Waals surface area contributed by atoms with E-state index in [2.05, 4.69) is 30.6 Å². The Morgan fingerprint density at radius 3 is 2.97 bits per heavy atom. The number of hydrogen-bond donors (Lipinski definition) is 4. The first kappa shape index (κ1) is 23.6. The predicted molar refractivity (Wildman–Crippen MR) is 121 cm³/mol. The number of benzene rings is 1. The molecule has 3 atom stereocenters. The number of carbonyl (C=O) groups excluding carboxylic acids is 1. The summed E-state index contributed by atoms with van der Waals surface area (Å²) in [6.45, 7) is 0.854. The molecule has 2 heterocycles. The third kappa shape index (κ3) is 5.88. The number of amides is 1. The molecule has 2 aliphatic rings. The Morgan fingerprint density at radius 2 is 2.15 bits per heavy atom. The highest BCUT2D eigenvalue weighted by Crippen LogP contribution is 2.34. The molecule has 4 N–H and O–H groups in total. The molecule has 4 rings (SSSR count). The van der Waals surface area contributed by atoms with Crippen molar-refractivity contribution in [3.05, 3.63) is 34.7 Å². The molecule has 13 heteroatoms. The molecular weight excluding hydrogens is 475 g/mol. The van der Waals surface area contributed by atoms with E-state index in [1.54, 1.807) is 0 Å². The Morgan fingerprint density at radius 1 is 1.33 bits per heavy atom. The summed E-state index contributed by atoms with van der Waals surface area (Å²) < 4.78 is 44.1. The van der Waals surface area contributed by atoms with Crippen LogP contribution in [0.25, 0.3) is 0 Å². The van der Waals surface area contributed by atoms with Gasteiger partial charge in [0, 0.05) is 29.9 Å². The van der Waals surface area contributed by atoms with Crippen molar-refractivity contribution in [3.8, 4) is 5.75 Å². The Labute approximate surface area is 197 Å². The lowest BCUT2D eigenvalue weighted by Gasteiger charge is -2.33. The van der Waals surface area contributed by atoms with E-state index in [9.17, 15) is 17.9 Å². The maximum absolute atomic E-state index is 14.2. The van der Waals surface area contributed by atoms with Crippen molar-refractivity contribution in [3.63, 3.8) is 0 Å². The molecule has 1 amide bonds. The lowest BCUT2D eigenvalue weighted by Crippen LogP contribution is -2.39. The maximum atomic E-state index is 14.2.